The van der Waals surface area contributed by atoms with Crippen molar-refractivity contribution in [2.75, 3.05) is 7.11 Å². The number of rotatable bonds is 5. The number of carbonyl (C=O) groups is 1. The molecular weight excluding hydrogens is 340 g/mol. The summed E-state index contributed by atoms with van der Waals surface area (Å²) in [5.41, 5.74) is 0.123. The highest BCUT2D eigenvalue weighted by Crippen LogP contribution is 2.21. The number of esters is 1. The van der Waals surface area contributed by atoms with Gasteiger partial charge in [0.2, 0.25) is 10.0 Å². The molecule has 0 bridgehead atoms. The Hall–Kier alpha value is -2.32. The van der Waals surface area contributed by atoms with Crippen molar-refractivity contribution >= 4 is 16.0 Å². The molecule has 1 atom stereocenters. The molecule has 8 heteroatoms. The van der Waals surface area contributed by atoms with Gasteiger partial charge in [0.1, 0.15) is 0 Å². The van der Waals surface area contributed by atoms with Crippen LogP contribution in [0.1, 0.15) is 28.9 Å². The standard InChI is InChI=1S/C16H15F2NO4S/c1-10(11-7-8-13(17)14(18)9-11)19-24(21,22)15-6-4-3-5-12(15)16(20)23-2/h3-10,19H,1-2H3/t10-/m1/s1. The summed E-state index contributed by atoms with van der Waals surface area (Å²) in [4.78, 5) is 11.5. The molecule has 0 spiro atoms. The van der Waals surface area contributed by atoms with Gasteiger partial charge < -0.3 is 4.74 Å². The molecule has 5 nitrogen and oxygen atoms in total. The maximum Gasteiger partial charge on any atom is 0.339 e. The van der Waals surface area contributed by atoms with Gasteiger partial charge >= 0.3 is 5.97 Å². The molecule has 0 saturated carbocycles. The summed E-state index contributed by atoms with van der Waals surface area (Å²) < 4.78 is 58.2. The summed E-state index contributed by atoms with van der Waals surface area (Å²) >= 11 is 0. The quantitative estimate of drug-likeness (QED) is 0.837. The van der Waals surface area contributed by atoms with E-state index in [-0.39, 0.29) is 16.0 Å². The summed E-state index contributed by atoms with van der Waals surface area (Å²) in [6.07, 6.45) is 0. The van der Waals surface area contributed by atoms with Crippen molar-refractivity contribution in [3.8, 4) is 0 Å². The summed E-state index contributed by atoms with van der Waals surface area (Å²) in [6.45, 7) is 1.48. The van der Waals surface area contributed by atoms with E-state index in [9.17, 15) is 22.0 Å². The Balaban J connectivity index is 2.35. The van der Waals surface area contributed by atoms with E-state index < -0.39 is 33.7 Å². The normalized spacial score (nSPS) is 12.7. The summed E-state index contributed by atoms with van der Waals surface area (Å²) in [5.74, 6) is -2.89. The Morgan fingerprint density at radius 3 is 2.42 bits per heavy atom. The van der Waals surface area contributed by atoms with Crippen molar-refractivity contribution in [3.63, 3.8) is 0 Å². The molecule has 0 radical (unpaired) electrons. The van der Waals surface area contributed by atoms with Crippen LogP contribution in [0.15, 0.2) is 47.4 Å². The molecule has 24 heavy (non-hydrogen) atoms. The minimum Gasteiger partial charge on any atom is -0.465 e. The highest BCUT2D eigenvalue weighted by Gasteiger charge is 2.25. The Morgan fingerprint density at radius 1 is 1.12 bits per heavy atom. The van der Waals surface area contributed by atoms with Crippen LogP contribution in [0.4, 0.5) is 8.78 Å². The molecule has 1 N–H and O–H groups in total. The van der Waals surface area contributed by atoms with Gasteiger partial charge in [-0.3, -0.25) is 0 Å². The third-order valence-electron chi connectivity index (χ3n) is 3.36. The minimum atomic E-state index is -4.08. The van der Waals surface area contributed by atoms with Gasteiger partial charge in [-0.05, 0) is 36.8 Å². The lowest BCUT2D eigenvalue weighted by atomic mass is 10.1. The molecular formula is C16H15F2NO4S. The topological polar surface area (TPSA) is 72.5 Å². The third-order valence-corrected chi connectivity index (χ3v) is 4.96. The fraction of sp³-hybridized carbons (Fsp3) is 0.188. The molecule has 0 fully saturated rings. The fourth-order valence-electron chi connectivity index (χ4n) is 2.13. The zero-order valence-corrected chi connectivity index (χ0v) is 13.7. The average Bonchev–Trinajstić information content (AvgIpc) is 2.56. The number of ether oxygens (including phenoxy) is 1. The average molecular weight is 355 g/mol. The van der Waals surface area contributed by atoms with Crippen molar-refractivity contribution < 1.29 is 26.7 Å². The van der Waals surface area contributed by atoms with Crippen molar-refractivity contribution in [2.24, 2.45) is 0 Å². The Labute approximate surface area is 138 Å². The maximum atomic E-state index is 13.3. The van der Waals surface area contributed by atoms with Crippen LogP contribution in [0.5, 0.6) is 0 Å². The number of hydrogen-bond acceptors (Lipinski definition) is 4. The smallest absolute Gasteiger partial charge is 0.339 e. The van der Waals surface area contributed by atoms with Crippen LogP contribution in [0.25, 0.3) is 0 Å². The van der Waals surface area contributed by atoms with E-state index in [1.807, 2.05) is 0 Å². The number of carbonyl (C=O) groups excluding carboxylic acids is 1. The zero-order valence-electron chi connectivity index (χ0n) is 12.9. The molecule has 0 aliphatic heterocycles. The lowest BCUT2D eigenvalue weighted by Gasteiger charge is -2.16. The van der Waals surface area contributed by atoms with Gasteiger partial charge in [-0.2, -0.15) is 0 Å². The van der Waals surface area contributed by atoms with E-state index in [1.54, 1.807) is 0 Å². The Morgan fingerprint density at radius 2 is 1.79 bits per heavy atom. The van der Waals surface area contributed by atoms with E-state index in [4.69, 9.17) is 0 Å². The van der Waals surface area contributed by atoms with Crippen molar-refractivity contribution in [3.05, 3.63) is 65.2 Å². The number of halogens is 2. The van der Waals surface area contributed by atoms with Crippen molar-refractivity contribution in [2.45, 2.75) is 17.9 Å². The first-order valence-electron chi connectivity index (χ1n) is 6.91. The first-order chi connectivity index (χ1) is 11.3. The molecule has 2 rings (SSSR count). The van der Waals surface area contributed by atoms with Crippen molar-refractivity contribution in [1.29, 1.82) is 0 Å². The van der Waals surface area contributed by atoms with E-state index >= 15 is 0 Å². The second-order valence-electron chi connectivity index (χ2n) is 5.00. The highest BCUT2D eigenvalue weighted by molar-refractivity contribution is 7.89. The molecule has 0 saturated heterocycles. The lowest BCUT2D eigenvalue weighted by molar-refractivity contribution is 0.0596. The first-order valence-corrected chi connectivity index (χ1v) is 8.39. The van der Waals surface area contributed by atoms with Crippen LogP contribution in [-0.2, 0) is 14.8 Å². The van der Waals surface area contributed by atoms with Crippen LogP contribution in [0.3, 0.4) is 0 Å². The zero-order chi connectivity index (χ0) is 17.9. The summed E-state index contributed by atoms with van der Waals surface area (Å²) in [7, 11) is -2.94. The summed E-state index contributed by atoms with van der Waals surface area (Å²) in [5, 5.41) is 0. The predicted octanol–water partition coefficient (Wildman–Crippen LogP) is 2.79. The van der Waals surface area contributed by atoms with Gasteiger partial charge in [-0.1, -0.05) is 18.2 Å². The number of nitrogens with one attached hydrogen (secondary N) is 1. The SMILES string of the molecule is COC(=O)c1ccccc1S(=O)(=O)N[C@H](C)c1ccc(F)c(F)c1. The predicted molar refractivity (Wildman–Crippen MR) is 82.9 cm³/mol. The Bertz CT molecular complexity index is 868. The fourth-order valence-corrected chi connectivity index (χ4v) is 3.55. The van der Waals surface area contributed by atoms with E-state index in [0.29, 0.717) is 0 Å². The van der Waals surface area contributed by atoms with Crippen molar-refractivity contribution in [1.82, 2.24) is 4.72 Å². The van der Waals surface area contributed by atoms with Crippen LogP contribution in [-0.4, -0.2) is 21.5 Å². The van der Waals surface area contributed by atoms with Gasteiger partial charge in [0.15, 0.2) is 11.6 Å². The van der Waals surface area contributed by atoms with Gasteiger partial charge in [-0.15, -0.1) is 0 Å². The van der Waals surface area contributed by atoms with Crippen LogP contribution >= 0.6 is 0 Å². The third kappa shape index (κ3) is 3.77. The van der Waals surface area contributed by atoms with E-state index in [2.05, 4.69) is 9.46 Å². The van der Waals surface area contributed by atoms with Gasteiger partial charge in [0.05, 0.1) is 17.6 Å². The molecule has 128 valence electrons. The lowest BCUT2D eigenvalue weighted by Crippen LogP contribution is -2.28. The molecule has 2 aromatic carbocycles. The highest BCUT2D eigenvalue weighted by atomic mass is 32.2. The van der Waals surface area contributed by atoms with Crippen LogP contribution in [0.2, 0.25) is 0 Å². The molecule has 0 aliphatic carbocycles. The molecule has 0 unspecified atom stereocenters. The first kappa shape index (κ1) is 18.0. The maximum absolute atomic E-state index is 13.3. The molecule has 0 aromatic heterocycles. The second-order valence-corrected chi connectivity index (χ2v) is 6.69. The van der Waals surface area contributed by atoms with Gasteiger partial charge in [-0.25, -0.2) is 26.7 Å². The van der Waals surface area contributed by atoms with E-state index in [0.717, 1.165) is 19.2 Å². The molecule has 0 heterocycles. The second kappa shape index (κ2) is 7.06. The van der Waals surface area contributed by atoms with E-state index in [1.165, 1.54) is 37.3 Å². The minimum absolute atomic E-state index is 0.120. The van der Waals surface area contributed by atoms with Gasteiger partial charge in [0, 0.05) is 6.04 Å². The molecule has 0 aliphatic rings. The number of sulfonamides is 1. The monoisotopic (exact) mass is 355 g/mol. The summed E-state index contributed by atoms with van der Waals surface area (Å²) in [6, 6.07) is 7.81. The number of benzene rings is 2. The number of methoxy groups -OCH3 is 1. The largest absolute Gasteiger partial charge is 0.465 e. The molecule has 0 amide bonds. The van der Waals surface area contributed by atoms with Crippen LogP contribution < -0.4 is 4.72 Å². The molecule has 2 aromatic rings. The van der Waals surface area contributed by atoms with Gasteiger partial charge in [0.25, 0.3) is 0 Å². The van der Waals surface area contributed by atoms with Crippen LogP contribution in [0, 0.1) is 11.6 Å². The Kier molecular flexibility index (Phi) is 5.30. The number of hydrogen-bond donors (Lipinski definition) is 1.